The van der Waals surface area contributed by atoms with Gasteiger partial charge in [-0.2, -0.15) is 0 Å². The highest BCUT2D eigenvalue weighted by atomic mass is 35.5. The Morgan fingerprint density at radius 1 is 1.31 bits per heavy atom. The van der Waals surface area contributed by atoms with Gasteiger partial charge >= 0.3 is 0 Å². The molecule has 0 atom stereocenters. The van der Waals surface area contributed by atoms with E-state index in [9.17, 15) is 8.78 Å². The summed E-state index contributed by atoms with van der Waals surface area (Å²) in [6, 6.07) is 7.97. The molecule has 1 heterocycles. The molecular weight excluding hydrogens is 414 g/mol. The molecule has 4 nitrogen and oxygen atoms in total. The summed E-state index contributed by atoms with van der Waals surface area (Å²) in [6.45, 7) is 7.11. The van der Waals surface area contributed by atoms with Crippen LogP contribution in [0.15, 0.2) is 34.2 Å². The highest BCUT2D eigenvalue weighted by molar-refractivity contribution is 7.98. The fourth-order valence-electron chi connectivity index (χ4n) is 2.93. The molecule has 0 saturated heterocycles. The first-order chi connectivity index (χ1) is 13.9. The second-order valence-electron chi connectivity index (χ2n) is 6.45. The van der Waals surface area contributed by atoms with Crippen LogP contribution in [0.3, 0.4) is 0 Å². The highest BCUT2D eigenvalue weighted by Crippen LogP contribution is 2.44. The van der Waals surface area contributed by atoms with Crippen molar-refractivity contribution in [2.75, 3.05) is 30.1 Å². The van der Waals surface area contributed by atoms with Crippen molar-refractivity contribution in [2.24, 2.45) is 4.99 Å². The second-order valence-corrected chi connectivity index (χ2v) is 7.69. The first-order valence-electron chi connectivity index (χ1n) is 9.54. The van der Waals surface area contributed by atoms with Crippen LogP contribution in [0.25, 0.3) is 0 Å². The van der Waals surface area contributed by atoms with E-state index in [1.165, 1.54) is 30.4 Å². The molecule has 1 aliphatic rings. The second kappa shape index (κ2) is 10.8. The van der Waals surface area contributed by atoms with E-state index in [0.717, 1.165) is 10.6 Å². The molecule has 1 aliphatic carbocycles. The molecule has 1 aromatic carbocycles. The van der Waals surface area contributed by atoms with Crippen LogP contribution < -0.4 is 10.2 Å². The van der Waals surface area contributed by atoms with Crippen molar-refractivity contribution in [3.63, 3.8) is 0 Å². The van der Waals surface area contributed by atoms with Crippen LogP contribution in [0.2, 0.25) is 5.15 Å². The van der Waals surface area contributed by atoms with Gasteiger partial charge in [-0.05, 0) is 49.4 Å². The number of hydrogen-bond donors (Lipinski definition) is 1. The van der Waals surface area contributed by atoms with Gasteiger partial charge in [0.25, 0.3) is 6.43 Å². The predicted molar refractivity (Wildman–Crippen MR) is 123 cm³/mol. The van der Waals surface area contributed by atoms with Gasteiger partial charge < -0.3 is 10.2 Å². The topological polar surface area (TPSA) is 40.5 Å². The molecule has 1 aromatic heterocycles. The van der Waals surface area contributed by atoms with Crippen LogP contribution in [0, 0.1) is 0 Å². The van der Waals surface area contributed by atoms with Gasteiger partial charge in [-0.25, -0.2) is 13.8 Å². The molecule has 0 bridgehead atoms. The Labute approximate surface area is 180 Å². The molecule has 8 heteroatoms. The Balaban J connectivity index is 0.00000145. The highest BCUT2D eigenvalue weighted by Gasteiger charge is 2.24. The maximum Gasteiger partial charge on any atom is 0.255 e. The lowest BCUT2D eigenvalue weighted by Gasteiger charge is -2.22. The number of nitrogens with one attached hydrogen (secondary N) is 1. The zero-order valence-corrected chi connectivity index (χ0v) is 18.7. The number of alkyl halides is 2. The monoisotopic (exact) mass is 440 g/mol. The average molecular weight is 441 g/mol. The number of rotatable bonds is 8. The van der Waals surface area contributed by atoms with E-state index in [-0.39, 0.29) is 11.0 Å². The smallest absolute Gasteiger partial charge is 0.255 e. The third-order valence-electron chi connectivity index (χ3n) is 4.42. The molecule has 0 aliphatic heterocycles. The summed E-state index contributed by atoms with van der Waals surface area (Å²) in [5.41, 5.74) is 3.22. The van der Waals surface area contributed by atoms with E-state index in [4.69, 9.17) is 11.6 Å². The standard InChI is InChI=1S/C19H21ClF2N4S.C2H6/c1-23-18-14(9-16(20)25-19(18)26(2)10-17(21)22)24-13-7-6-12(11-4-5-11)8-15(13)27-3;1-2/h6-9,11,17H,1,4-5,10H2,2-3H3,(H,24,25);1-2H3. The number of aliphatic imine (C=N–C) groups is 1. The maximum absolute atomic E-state index is 12.8. The number of hydrogen-bond acceptors (Lipinski definition) is 5. The SMILES string of the molecule is C=Nc1c(Nc2ccc(C3CC3)cc2SC)cc(Cl)nc1N(C)CC(F)F.CC. The third kappa shape index (κ3) is 6.06. The van der Waals surface area contributed by atoms with Gasteiger partial charge in [0, 0.05) is 18.0 Å². The number of pyridine rings is 1. The number of aromatic nitrogens is 1. The van der Waals surface area contributed by atoms with E-state index < -0.39 is 13.0 Å². The lowest BCUT2D eigenvalue weighted by Crippen LogP contribution is -2.25. The Hall–Kier alpha value is -1.86. The van der Waals surface area contributed by atoms with Gasteiger partial charge in [0.15, 0.2) is 5.82 Å². The Morgan fingerprint density at radius 2 is 2.00 bits per heavy atom. The van der Waals surface area contributed by atoms with Crippen LogP contribution in [0.1, 0.15) is 38.2 Å². The van der Waals surface area contributed by atoms with Gasteiger partial charge in [0.05, 0.1) is 17.9 Å². The number of benzene rings is 1. The molecule has 1 N–H and O–H groups in total. The number of halogens is 3. The van der Waals surface area contributed by atoms with Crippen molar-refractivity contribution in [3.8, 4) is 0 Å². The van der Waals surface area contributed by atoms with Crippen LogP contribution >= 0.6 is 23.4 Å². The third-order valence-corrected chi connectivity index (χ3v) is 5.39. The van der Waals surface area contributed by atoms with Crippen LogP contribution in [-0.4, -0.2) is 38.0 Å². The predicted octanol–water partition coefficient (Wildman–Crippen LogP) is 7.14. The van der Waals surface area contributed by atoms with Crippen molar-refractivity contribution in [1.29, 1.82) is 0 Å². The summed E-state index contributed by atoms with van der Waals surface area (Å²) in [6.07, 6.45) is 2.00. The van der Waals surface area contributed by atoms with E-state index in [1.54, 1.807) is 17.8 Å². The zero-order valence-electron chi connectivity index (χ0n) is 17.2. The molecule has 1 saturated carbocycles. The maximum atomic E-state index is 12.8. The normalized spacial score (nSPS) is 13.0. The summed E-state index contributed by atoms with van der Waals surface area (Å²) in [5.74, 6) is 0.931. The molecule has 158 valence electrons. The summed E-state index contributed by atoms with van der Waals surface area (Å²) in [4.78, 5) is 10.6. The largest absolute Gasteiger partial charge is 0.353 e. The van der Waals surface area contributed by atoms with Crippen LogP contribution in [-0.2, 0) is 0 Å². The fraction of sp³-hybridized carbons (Fsp3) is 0.429. The molecule has 0 radical (unpaired) electrons. The van der Waals surface area contributed by atoms with E-state index in [2.05, 4.69) is 34.1 Å². The van der Waals surface area contributed by atoms with Crippen molar-refractivity contribution >= 4 is 53.0 Å². The molecule has 0 amide bonds. The van der Waals surface area contributed by atoms with Crippen LogP contribution in [0.5, 0.6) is 0 Å². The Kier molecular flexibility index (Phi) is 8.71. The van der Waals surface area contributed by atoms with Gasteiger partial charge in [-0.15, -0.1) is 11.8 Å². The van der Waals surface area contributed by atoms with Crippen molar-refractivity contribution in [1.82, 2.24) is 4.98 Å². The molecule has 3 rings (SSSR count). The minimum Gasteiger partial charge on any atom is -0.353 e. The summed E-state index contributed by atoms with van der Waals surface area (Å²) >= 11 is 7.79. The molecule has 2 aromatic rings. The van der Waals surface area contributed by atoms with Gasteiger partial charge in [0.2, 0.25) is 0 Å². The van der Waals surface area contributed by atoms with Gasteiger partial charge in [-0.3, -0.25) is 4.99 Å². The molecule has 0 unspecified atom stereocenters. The number of anilines is 3. The summed E-state index contributed by atoms with van der Waals surface area (Å²) in [5, 5.41) is 3.52. The van der Waals surface area contributed by atoms with Crippen molar-refractivity contribution in [3.05, 3.63) is 35.0 Å². The fourth-order valence-corrected chi connectivity index (χ4v) is 3.71. The first kappa shape index (κ1) is 23.4. The zero-order chi connectivity index (χ0) is 21.6. The average Bonchev–Trinajstić information content (AvgIpc) is 3.54. The number of thioether (sulfide) groups is 1. The quantitative estimate of drug-likeness (QED) is 0.269. The van der Waals surface area contributed by atoms with E-state index in [0.29, 0.717) is 17.3 Å². The van der Waals surface area contributed by atoms with Crippen molar-refractivity contribution < 1.29 is 8.78 Å². The van der Waals surface area contributed by atoms with E-state index >= 15 is 0 Å². The van der Waals surface area contributed by atoms with Gasteiger partial charge in [0.1, 0.15) is 10.8 Å². The molecule has 0 spiro atoms. The van der Waals surface area contributed by atoms with Crippen LogP contribution in [0.4, 0.5) is 31.7 Å². The summed E-state index contributed by atoms with van der Waals surface area (Å²) in [7, 11) is 1.53. The van der Waals surface area contributed by atoms with Crippen molar-refractivity contribution in [2.45, 2.75) is 43.9 Å². The van der Waals surface area contributed by atoms with E-state index in [1.807, 2.05) is 26.2 Å². The Bertz CT molecular complexity index is 844. The van der Waals surface area contributed by atoms with Gasteiger partial charge in [-0.1, -0.05) is 31.5 Å². The minimum absolute atomic E-state index is 0.196. The first-order valence-corrected chi connectivity index (χ1v) is 11.1. The molecule has 1 fully saturated rings. The lowest BCUT2D eigenvalue weighted by molar-refractivity contribution is 0.156. The molecule has 29 heavy (non-hydrogen) atoms. The number of nitrogens with zero attached hydrogens (tertiary/aromatic N) is 3. The minimum atomic E-state index is -2.50. The molecular formula is C21H27ClF2N4S. The summed E-state index contributed by atoms with van der Waals surface area (Å²) < 4.78 is 25.6. The lowest BCUT2D eigenvalue weighted by atomic mass is 10.1. The Morgan fingerprint density at radius 3 is 2.55 bits per heavy atom.